The average Bonchev–Trinajstić information content (AvgIpc) is 3.04. The van der Waals surface area contributed by atoms with E-state index in [-0.39, 0.29) is 23.3 Å². The van der Waals surface area contributed by atoms with Gasteiger partial charge in [-0.1, -0.05) is 29.5 Å². The third kappa shape index (κ3) is 4.25. The molecule has 1 saturated heterocycles. The molecule has 2 aliphatic heterocycles. The van der Waals surface area contributed by atoms with Crippen LogP contribution in [0.3, 0.4) is 0 Å². The molecule has 0 aliphatic carbocycles. The summed E-state index contributed by atoms with van der Waals surface area (Å²) in [4.78, 5) is 30.4. The minimum absolute atomic E-state index is 0.0926. The Labute approximate surface area is 156 Å². The number of carbonyl (C=O) groups excluding carboxylic acids is 2. The molecule has 0 unspecified atom stereocenters. The first-order chi connectivity index (χ1) is 12.6. The molecule has 0 atom stereocenters. The van der Waals surface area contributed by atoms with Crippen molar-refractivity contribution in [3.63, 3.8) is 0 Å². The van der Waals surface area contributed by atoms with Crippen LogP contribution in [0, 0.1) is 6.92 Å². The van der Waals surface area contributed by atoms with Gasteiger partial charge in [-0.3, -0.25) is 4.79 Å². The van der Waals surface area contributed by atoms with Gasteiger partial charge in [-0.2, -0.15) is 0 Å². The van der Waals surface area contributed by atoms with Gasteiger partial charge in [0.05, 0.1) is 26.1 Å². The number of rotatable bonds is 5. The minimum Gasteiger partial charge on any atom is -0.468 e. The zero-order valence-corrected chi connectivity index (χ0v) is 15.5. The first-order valence-corrected chi connectivity index (χ1v) is 9.21. The monoisotopic (exact) mass is 376 g/mol. The maximum Gasteiger partial charge on any atom is 0.366 e. The first kappa shape index (κ1) is 18.5. The zero-order chi connectivity index (χ0) is 18.5. The number of aryl methyl sites for hydroxylation is 1. The standard InChI is InChI=1S/C18H20N2O5S/c1-12-3-5-13(6-4-12)16-19-15(18(22)25-16)17(26-11-14(21)23-2)20-7-9-24-10-8-20/h3-6H,7-11H2,1-2H3. The third-order valence-electron chi connectivity index (χ3n) is 3.95. The maximum atomic E-state index is 12.4. The lowest BCUT2D eigenvalue weighted by Gasteiger charge is -2.30. The predicted octanol–water partition coefficient (Wildman–Crippen LogP) is 1.71. The van der Waals surface area contributed by atoms with E-state index < -0.39 is 5.97 Å². The van der Waals surface area contributed by atoms with E-state index in [0.717, 1.165) is 11.1 Å². The van der Waals surface area contributed by atoms with Crippen LogP contribution in [0.1, 0.15) is 11.1 Å². The van der Waals surface area contributed by atoms with E-state index in [1.54, 1.807) is 0 Å². The van der Waals surface area contributed by atoms with Crippen LogP contribution in [-0.2, 0) is 23.8 Å². The lowest BCUT2D eigenvalue weighted by molar-refractivity contribution is -0.137. The van der Waals surface area contributed by atoms with Crippen LogP contribution in [0.2, 0.25) is 0 Å². The lowest BCUT2D eigenvalue weighted by Crippen LogP contribution is -2.36. The van der Waals surface area contributed by atoms with E-state index in [9.17, 15) is 9.59 Å². The highest BCUT2D eigenvalue weighted by molar-refractivity contribution is 8.03. The molecule has 26 heavy (non-hydrogen) atoms. The van der Waals surface area contributed by atoms with Crippen LogP contribution in [0.25, 0.3) is 0 Å². The molecule has 0 N–H and O–H groups in total. The normalized spacial score (nSPS) is 19.1. The highest BCUT2D eigenvalue weighted by atomic mass is 32.2. The number of esters is 2. The largest absolute Gasteiger partial charge is 0.468 e. The quantitative estimate of drug-likeness (QED) is 0.572. The molecule has 2 heterocycles. The second kappa shape index (κ2) is 8.37. The number of methoxy groups -OCH3 is 1. The summed E-state index contributed by atoms with van der Waals surface area (Å²) in [6.45, 7) is 4.33. The number of ether oxygens (including phenoxy) is 3. The number of aliphatic imine (C=N–C) groups is 1. The van der Waals surface area contributed by atoms with Gasteiger partial charge in [-0.15, -0.1) is 0 Å². The molecule has 0 radical (unpaired) electrons. The number of hydrogen-bond acceptors (Lipinski definition) is 8. The van der Waals surface area contributed by atoms with Crippen LogP contribution in [-0.4, -0.2) is 61.9 Å². The maximum absolute atomic E-state index is 12.4. The molecule has 1 aromatic carbocycles. The zero-order valence-electron chi connectivity index (χ0n) is 14.7. The van der Waals surface area contributed by atoms with E-state index in [4.69, 9.17) is 14.2 Å². The molecule has 0 spiro atoms. The summed E-state index contributed by atoms with van der Waals surface area (Å²) >= 11 is 1.23. The SMILES string of the molecule is COC(=O)CSC(=C1N=C(c2ccc(C)cc2)OC1=O)N1CCOCC1. The summed E-state index contributed by atoms with van der Waals surface area (Å²) in [7, 11) is 1.34. The molecule has 0 aromatic heterocycles. The Morgan fingerprint density at radius 1 is 1.27 bits per heavy atom. The summed E-state index contributed by atoms with van der Waals surface area (Å²) in [6, 6.07) is 7.59. The van der Waals surface area contributed by atoms with Gasteiger partial charge < -0.3 is 19.1 Å². The summed E-state index contributed by atoms with van der Waals surface area (Å²) in [5.41, 5.74) is 2.06. The second-order valence-corrected chi connectivity index (χ2v) is 6.75. The number of morpholine rings is 1. The summed E-state index contributed by atoms with van der Waals surface area (Å²) in [5.74, 6) is -0.514. The molecule has 0 amide bonds. The molecule has 1 aromatic rings. The Kier molecular flexibility index (Phi) is 5.95. The number of hydrogen-bond donors (Lipinski definition) is 0. The average molecular weight is 376 g/mol. The summed E-state index contributed by atoms with van der Waals surface area (Å²) in [5, 5.41) is 0.616. The Hall–Kier alpha value is -2.32. The van der Waals surface area contributed by atoms with E-state index >= 15 is 0 Å². The highest BCUT2D eigenvalue weighted by Gasteiger charge is 2.31. The molecular weight excluding hydrogens is 356 g/mol. The van der Waals surface area contributed by atoms with Crippen molar-refractivity contribution >= 4 is 29.6 Å². The molecule has 8 heteroatoms. The fourth-order valence-corrected chi connectivity index (χ4v) is 3.53. The highest BCUT2D eigenvalue weighted by Crippen LogP contribution is 2.30. The van der Waals surface area contributed by atoms with Crippen LogP contribution >= 0.6 is 11.8 Å². The Morgan fingerprint density at radius 3 is 2.62 bits per heavy atom. The molecule has 0 saturated carbocycles. The van der Waals surface area contributed by atoms with Crippen molar-refractivity contribution in [2.45, 2.75) is 6.92 Å². The van der Waals surface area contributed by atoms with Crippen molar-refractivity contribution in [3.05, 3.63) is 46.1 Å². The van der Waals surface area contributed by atoms with Crippen LogP contribution in [0.15, 0.2) is 40.0 Å². The molecular formula is C18H20N2O5S. The molecule has 138 valence electrons. The van der Waals surface area contributed by atoms with Gasteiger partial charge in [0.1, 0.15) is 5.03 Å². The Bertz CT molecular complexity index is 751. The van der Waals surface area contributed by atoms with Crippen LogP contribution < -0.4 is 0 Å². The van der Waals surface area contributed by atoms with Crippen molar-refractivity contribution in [2.75, 3.05) is 39.2 Å². The third-order valence-corrected chi connectivity index (χ3v) is 5.05. The molecule has 7 nitrogen and oxygen atoms in total. The van der Waals surface area contributed by atoms with Gasteiger partial charge >= 0.3 is 11.9 Å². The van der Waals surface area contributed by atoms with E-state index in [2.05, 4.69) is 4.99 Å². The van der Waals surface area contributed by atoms with Crippen molar-refractivity contribution in [1.29, 1.82) is 0 Å². The summed E-state index contributed by atoms with van der Waals surface area (Å²) < 4.78 is 15.4. The molecule has 3 rings (SSSR count). The molecule has 1 fully saturated rings. The summed E-state index contributed by atoms with van der Waals surface area (Å²) in [6.07, 6.45) is 0. The fraction of sp³-hybridized carbons (Fsp3) is 0.389. The smallest absolute Gasteiger partial charge is 0.366 e. The van der Waals surface area contributed by atoms with E-state index in [1.807, 2.05) is 36.1 Å². The van der Waals surface area contributed by atoms with Gasteiger partial charge in [0.2, 0.25) is 5.90 Å². The van der Waals surface area contributed by atoms with Crippen LogP contribution in [0.5, 0.6) is 0 Å². The van der Waals surface area contributed by atoms with Crippen molar-refractivity contribution < 1.29 is 23.8 Å². The second-order valence-electron chi connectivity index (χ2n) is 5.79. The van der Waals surface area contributed by atoms with Crippen molar-refractivity contribution in [2.24, 2.45) is 4.99 Å². The Morgan fingerprint density at radius 2 is 1.96 bits per heavy atom. The predicted molar refractivity (Wildman–Crippen MR) is 97.7 cm³/mol. The number of thioether (sulfide) groups is 1. The van der Waals surface area contributed by atoms with Gasteiger partial charge in [0.25, 0.3) is 0 Å². The number of carbonyl (C=O) groups is 2. The minimum atomic E-state index is -0.514. The van der Waals surface area contributed by atoms with Gasteiger partial charge in [-0.05, 0) is 19.1 Å². The van der Waals surface area contributed by atoms with Crippen LogP contribution in [0.4, 0.5) is 0 Å². The number of cyclic esters (lactones) is 1. The van der Waals surface area contributed by atoms with E-state index in [0.29, 0.717) is 31.3 Å². The first-order valence-electron chi connectivity index (χ1n) is 8.23. The van der Waals surface area contributed by atoms with Crippen molar-refractivity contribution in [3.8, 4) is 0 Å². The van der Waals surface area contributed by atoms with Gasteiger partial charge in [-0.25, -0.2) is 9.79 Å². The molecule has 2 aliphatic rings. The van der Waals surface area contributed by atoms with Crippen molar-refractivity contribution in [1.82, 2.24) is 4.90 Å². The Balaban J connectivity index is 1.92. The fourth-order valence-electron chi connectivity index (χ4n) is 2.52. The number of benzene rings is 1. The molecule has 0 bridgehead atoms. The number of nitrogens with zero attached hydrogens (tertiary/aromatic N) is 2. The van der Waals surface area contributed by atoms with E-state index in [1.165, 1.54) is 18.9 Å². The van der Waals surface area contributed by atoms with Gasteiger partial charge in [0.15, 0.2) is 5.70 Å². The van der Waals surface area contributed by atoms with Gasteiger partial charge in [0, 0.05) is 18.7 Å². The lowest BCUT2D eigenvalue weighted by atomic mass is 10.1. The topological polar surface area (TPSA) is 77.4 Å².